The maximum absolute atomic E-state index is 14.2. The number of hydrogen-bond donors (Lipinski definition) is 0. The second-order valence-electron chi connectivity index (χ2n) is 9.61. The van der Waals surface area contributed by atoms with Crippen molar-refractivity contribution in [1.29, 1.82) is 0 Å². The zero-order chi connectivity index (χ0) is 27.9. The molecule has 4 aromatic carbocycles. The van der Waals surface area contributed by atoms with Crippen molar-refractivity contribution in [3.63, 3.8) is 0 Å². The van der Waals surface area contributed by atoms with E-state index in [0.29, 0.717) is 37.7 Å². The van der Waals surface area contributed by atoms with Crippen molar-refractivity contribution in [2.75, 3.05) is 13.4 Å². The number of carbonyl (C=O) groups excluding carboxylic acids is 1. The van der Waals surface area contributed by atoms with Crippen LogP contribution >= 0.6 is 11.3 Å². The summed E-state index contributed by atoms with van der Waals surface area (Å²) in [4.78, 5) is 33.3. The SMILES string of the molecule is CCOC(=O)C1=C(c2ccccc2)N=c2s/c(=C\c3cccc4ccccc34)c(=O)n2[C@@H]1c1ccc2c(c1)OCO2. The number of esters is 1. The van der Waals surface area contributed by atoms with Crippen LogP contribution in [0.25, 0.3) is 22.5 Å². The van der Waals surface area contributed by atoms with Gasteiger partial charge in [0.1, 0.15) is 0 Å². The predicted molar refractivity (Wildman–Crippen MR) is 158 cm³/mol. The van der Waals surface area contributed by atoms with E-state index in [-0.39, 0.29) is 19.0 Å². The van der Waals surface area contributed by atoms with Gasteiger partial charge in [0.15, 0.2) is 16.3 Å². The van der Waals surface area contributed by atoms with Gasteiger partial charge in [-0.15, -0.1) is 0 Å². The number of aromatic nitrogens is 1. The quantitative estimate of drug-likeness (QED) is 0.288. The number of nitrogens with zero attached hydrogens (tertiary/aromatic N) is 2. The number of thiazole rings is 1. The Morgan fingerprint density at radius 2 is 1.78 bits per heavy atom. The molecule has 0 amide bonds. The van der Waals surface area contributed by atoms with Crippen LogP contribution in [0.3, 0.4) is 0 Å². The Labute approximate surface area is 238 Å². The molecular formula is C33H24N2O5S. The highest BCUT2D eigenvalue weighted by Gasteiger charge is 2.36. The molecule has 202 valence electrons. The molecule has 41 heavy (non-hydrogen) atoms. The summed E-state index contributed by atoms with van der Waals surface area (Å²) in [5.41, 5.74) is 2.91. The van der Waals surface area contributed by atoms with Crippen LogP contribution in [0.15, 0.2) is 106 Å². The Balaban J connectivity index is 1.52. The lowest BCUT2D eigenvalue weighted by Crippen LogP contribution is -2.40. The van der Waals surface area contributed by atoms with E-state index in [0.717, 1.165) is 21.9 Å². The van der Waals surface area contributed by atoms with E-state index in [4.69, 9.17) is 19.2 Å². The van der Waals surface area contributed by atoms with Crippen molar-refractivity contribution in [3.05, 3.63) is 133 Å². The summed E-state index contributed by atoms with van der Waals surface area (Å²) in [5.74, 6) is 0.644. The second-order valence-corrected chi connectivity index (χ2v) is 10.6. The highest BCUT2D eigenvalue weighted by Crippen LogP contribution is 2.40. The molecule has 0 N–H and O–H groups in total. The van der Waals surface area contributed by atoms with Gasteiger partial charge in [-0.2, -0.15) is 0 Å². The molecule has 0 unspecified atom stereocenters. The smallest absolute Gasteiger partial charge is 0.338 e. The molecule has 0 radical (unpaired) electrons. The zero-order valence-electron chi connectivity index (χ0n) is 22.1. The van der Waals surface area contributed by atoms with Crippen molar-refractivity contribution in [2.24, 2.45) is 4.99 Å². The minimum atomic E-state index is -0.787. The number of carbonyl (C=O) groups is 1. The Morgan fingerprint density at radius 1 is 1.00 bits per heavy atom. The van der Waals surface area contributed by atoms with E-state index in [2.05, 4.69) is 0 Å². The molecule has 2 aliphatic heterocycles. The van der Waals surface area contributed by atoms with Gasteiger partial charge < -0.3 is 14.2 Å². The number of rotatable bonds is 5. The van der Waals surface area contributed by atoms with E-state index in [1.165, 1.54) is 11.3 Å². The van der Waals surface area contributed by atoms with E-state index in [1.807, 2.05) is 91.0 Å². The molecular weight excluding hydrogens is 536 g/mol. The molecule has 7 nitrogen and oxygen atoms in total. The molecule has 1 atom stereocenters. The average molecular weight is 561 g/mol. The monoisotopic (exact) mass is 560 g/mol. The molecule has 0 saturated carbocycles. The number of benzene rings is 4. The van der Waals surface area contributed by atoms with Crippen molar-refractivity contribution in [3.8, 4) is 11.5 Å². The van der Waals surface area contributed by atoms with E-state index in [1.54, 1.807) is 17.6 Å². The molecule has 5 aromatic rings. The minimum absolute atomic E-state index is 0.114. The van der Waals surface area contributed by atoms with E-state index >= 15 is 0 Å². The first-order valence-electron chi connectivity index (χ1n) is 13.3. The van der Waals surface area contributed by atoms with Gasteiger partial charge in [-0.3, -0.25) is 9.36 Å². The van der Waals surface area contributed by atoms with Gasteiger partial charge in [0.2, 0.25) is 6.79 Å². The Hall–Kier alpha value is -4.95. The number of fused-ring (bicyclic) bond motifs is 3. The molecule has 0 aliphatic carbocycles. The minimum Gasteiger partial charge on any atom is -0.463 e. The number of hydrogen-bond acceptors (Lipinski definition) is 7. The third kappa shape index (κ3) is 4.33. The summed E-state index contributed by atoms with van der Waals surface area (Å²) < 4.78 is 18.8. The first kappa shape index (κ1) is 25.0. The van der Waals surface area contributed by atoms with Crippen LogP contribution in [-0.2, 0) is 9.53 Å². The van der Waals surface area contributed by atoms with Crippen LogP contribution in [0.1, 0.15) is 29.7 Å². The fourth-order valence-electron chi connectivity index (χ4n) is 5.36. The standard InChI is InChI=1S/C33H24N2O5S/c1-2-38-32(37)28-29(21-10-4-3-5-11-21)34-33-35(30(28)23-15-16-25-26(17-23)40-19-39-25)31(36)27(41-33)18-22-13-8-12-20-9-6-7-14-24(20)22/h3-18,30H,2,19H2,1H3/b27-18-/t30-/m1/s1. The van der Waals surface area contributed by atoms with Crippen LogP contribution in [0.4, 0.5) is 0 Å². The summed E-state index contributed by atoms with van der Waals surface area (Å²) in [5, 5.41) is 2.13. The average Bonchev–Trinajstić information content (AvgIpc) is 3.60. The van der Waals surface area contributed by atoms with Gasteiger partial charge in [-0.05, 0) is 47.0 Å². The van der Waals surface area contributed by atoms with Gasteiger partial charge in [-0.1, -0.05) is 90.2 Å². The summed E-state index contributed by atoms with van der Waals surface area (Å²) in [6.07, 6.45) is 1.90. The lowest BCUT2D eigenvalue weighted by atomic mass is 9.93. The Kier molecular flexibility index (Phi) is 6.24. The van der Waals surface area contributed by atoms with Gasteiger partial charge >= 0.3 is 5.97 Å². The van der Waals surface area contributed by atoms with Gasteiger partial charge in [-0.25, -0.2) is 9.79 Å². The summed E-state index contributed by atoms with van der Waals surface area (Å²) in [7, 11) is 0. The fraction of sp³-hybridized carbons (Fsp3) is 0.121. The highest BCUT2D eigenvalue weighted by atomic mass is 32.1. The largest absolute Gasteiger partial charge is 0.463 e. The molecule has 7 rings (SSSR count). The topological polar surface area (TPSA) is 79.1 Å². The molecule has 1 aromatic heterocycles. The molecule has 0 spiro atoms. The normalized spacial score (nSPS) is 16.0. The van der Waals surface area contributed by atoms with Crippen molar-refractivity contribution >= 4 is 39.9 Å². The molecule has 2 aliphatic rings. The van der Waals surface area contributed by atoms with E-state index < -0.39 is 12.0 Å². The third-order valence-electron chi connectivity index (χ3n) is 7.20. The fourth-order valence-corrected chi connectivity index (χ4v) is 6.35. The van der Waals surface area contributed by atoms with E-state index in [9.17, 15) is 9.59 Å². The predicted octanol–water partition coefficient (Wildman–Crippen LogP) is 4.82. The lowest BCUT2D eigenvalue weighted by molar-refractivity contribution is -0.138. The Morgan fingerprint density at radius 3 is 2.63 bits per heavy atom. The maximum atomic E-state index is 14.2. The van der Waals surface area contributed by atoms with Crippen LogP contribution in [-0.4, -0.2) is 23.9 Å². The maximum Gasteiger partial charge on any atom is 0.338 e. The first-order valence-corrected chi connectivity index (χ1v) is 14.1. The number of ether oxygens (including phenoxy) is 3. The zero-order valence-corrected chi connectivity index (χ0v) is 22.9. The second kappa shape index (κ2) is 10.2. The van der Waals surface area contributed by atoms with Crippen molar-refractivity contribution < 1.29 is 19.0 Å². The van der Waals surface area contributed by atoms with Crippen LogP contribution in [0, 0.1) is 0 Å². The lowest BCUT2D eigenvalue weighted by Gasteiger charge is -2.26. The third-order valence-corrected chi connectivity index (χ3v) is 8.18. The van der Waals surface area contributed by atoms with Crippen molar-refractivity contribution in [2.45, 2.75) is 13.0 Å². The molecule has 0 fully saturated rings. The summed E-state index contributed by atoms with van der Waals surface area (Å²) >= 11 is 1.30. The molecule has 3 heterocycles. The van der Waals surface area contributed by atoms with Crippen molar-refractivity contribution in [1.82, 2.24) is 4.57 Å². The molecule has 0 bridgehead atoms. The summed E-state index contributed by atoms with van der Waals surface area (Å²) in [6, 6.07) is 28.3. The van der Waals surface area contributed by atoms with Gasteiger partial charge in [0, 0.05) is 5.56 Å². The van der Waals surface area contributed by atoms with Gasteiger partial charge in [0.05, 0.1) is 28.5 Å². The molecule has 8 heteroatoms. The molecule has 0 saturated heterocycles. The summed E-state index contributed by atoms with van der Waals surface area (Å²) in [6.45, 7) is 2.06. The highest BCUT2D eigenvalue weighted by molar-refractivity contribution is 7.07. The van der Waals surface area contributed by atoms with Crippen LogP contribution < -0.4 is 24.4 Å². The van der Waals surface area contributed by atoms with Gasteiger partial charge in [0.25, 0.3) is 5.56 Å². The first-order chi connectivity index (χ1) is 20.1. The Bertz CT molecular complexity index is 2040. The van der Waals surface area contributed by atoms with Crippen LogP contribution in [0.5, 0.6) is 11.5 Å². The van der Waals surface area contributed by atoms with Crippen LogP contribution in [0.2, 0.25) is 0 Å².